The number of rotatable bonds is 2. The Bertz CT molecular complexity index is 348. The summed E-state index contributed by atoms with van der Waals surface area (Å²) in [6.07, 6.45) is 2.18. The number of hydrogen-bond donors (Lipinski definition) is 0. The van der Waals surface area contributed by atoms with Crippen LogP contribution in [0, 0.1) is 13.8 Å². The molecule has 2 nitrogen and oxygen atoms in total. The topological polar surface area (TPSA) is 30.2 Å². The van der Waals surface area contributed by atoms with Crippen LogP contribution in [0.15, 0.2) is 10.5 Å². The van der Waals surface area contributed by atoms with E-state index in [4.69, 9.17) is 4.42 Å². The largest absolute Gasteiger partial charge is 0.466 e. The SMILES string of the molecule is Cc1cc(C(=O)C2CCCS2)c(C)o1. The van der Waals surface area contributed by atoms with Gasteiger partial charge in [0.1, 0.15) is 11.5 Å². The van der Waals surface area contributed by atoms with Gasteiger partial charge in [0.25, 0.3) is 0 Å². The molecule has 76 valence electrons. The molecule has 0 aromatic carbocycles. The van der Waals surface area contributed by atoms with Gasteiger partial charge in [-0.25, -0.2) is 0 Å². The second-order valence-electron chi connectivity index (χ2n) is 3.69. The summed E-state index contributed by atoms with van der Waals surface area (Å²) in [7, 11) is 0. The van der Waals surface area contributed by atoms with Gasteiger partial charge in [0.05, 0.1) is 10.8 Å². The van der Waals surface area contributed by atoms with Gasteiger partial charge >= 0.3 is 0 Å². The van der Waals surface area contributed by atoms with Gasteiger partial charge in [-0.1, -0.05) is 0 Å². The van der Waals surface area contributed by atoms with E-state index in [2.05, 4.69) is 0 Å². The third-order valence-electron chi connectivity index (χ3n) is 2.53. The van der Waals surface area contributed by atoms with Crippen LogP contribution in [0.5, 0.6) is 0 Å². The van der Waals surface area contributed by atoms with E-state index >= 15 is 0 Å². The van der Waals surface area contributed by atoms with Crippen LogP contribution in [0.2, 0.25) is 0 Å². The fraction of sp³-hybridized carbons (Fsp3) is 0.545. The number of Topliss-reactive ketones (excluding diaryl/α,β-unsaturated/α-hetero) is 1. The van der Waals surface area contributed by atoms with Gasteiger partial charge in [0, 0.05) is 0 Å². The number of ketones is 1. The Kier molecular flexibility index (Phi) is 2.68. The molecular formula is C11H14O2S. The normalized spacial score (nSPS) is 21.4. The predicted molar refractivity (Wildman–Crippen MR) is 58.0 cm³/mol. The summed E-state index contributed by atoms with van der Waals surface area (Å²) in [5, 5.41) is 0.172. The number of hydrogen-bond acceptors (Lipinski definition) is 3. The van der Waals surface area contributed by atoms with Crippen molar-refractivity contribution in [3.05, 3.63) is 23.2 Å². The summed E-state index contributed by atoms with van der Waals surface area (Å²) in [4.78, 5) is 12.0. The van der Waals surface area contributed by atoms with E-state index < -0.39 is 0 Å². The Labute approximate surface area is 88.1 Å². The van der Waals surface area contributed by atoms with Crippen LogP contribution in [0.4, 0.5) is 0 Å². The zero-order valence-corrected chi connectivity index (χ0v) is 9.32. The van der Waals surface area contributed by atoms with Crippen molar-refractivity contribution in [2.75, 3.05) is 5.75 Å². The lowest BCUT2D eigenvalue weighted by Crippen LogP contribution is -2.14. The first-order chi connectivity index (χ1) is 6.68. The molecule has 3 heteroatoms. The van der Waals surface area contributed by atoms with Crippen LogP contribution in [0.3, 0.4) is 0 Å². The lowest BCUT2D eigenvalue weighted by molar-refractivity contribution is 0.0987. The summed E-state index contributed by atoms with van der Waals surface area (Å²) in [5.41, 5.74) is 0.780. The van der Waals surface area contributed by atoms with E-state index in [-0.39, 0.29) is 11.0 Å². The molecule has 0 N–H and O–H groups in total. The first kappa shape index (κ1) is 9.84. The van der Waals surface area contributed by atoms with E-state index in [1.54, 1.807) is 11.8 Å². The Hall–Kier alpha value is -0.700. The van der Waals surface area contributed by atoms with Crippen molar-refractivity contribution in [2.24, 2.45) is 0 Å². The molecule has 14 heavy (non-hydrogen) atoms. The van der Waals surface area contributed by atoms with Crippen molar-refractivity contribution >= 4 is 17.5 Å². The van der Waals surface area contributed by atoms with Gasteiger partial charge in [-0.2, -0.15) is 11.8 Å². The summed E-state index contributed by atoms with van der Waals surface area (Å²) < 4.78 is 5.37. The molecule has 1 aromatic heterocycles. The first-order valence-corrected chi connectivity index (χ1v) is 5.96. The lowest BCUT2D eigenvalue weighted by atomic mass is 10.1. The first-order valence-electron chi connectivity index (χ1n) is 4.91. The highest BCUT2D eigenvalue weighted by atomic mass is 32.2. The number of carbonyl (C=O) groups is 1. The minimum atomic E-state index is 0.172. The zero-order chi connectivity index (χ0) is 10.1. The molecule has 1 aromatic rings. The van der Waals surface area contributed by atoms with Crippen LogP contribution >= 0.6 is 11.8 Å². The molecule has 1 aliphatic rings. The molecule has 1 atom stereocenters. The van der Waals surface area contributed by atoms with Gasteiger partial charge in [0.15, 0.2) is 5.78 Å². The van der Waals surface area contributed by atoms with Crippen molar-refractivity contribution in [3.63, 3.8) is 0 Å². The summed E-state index contributed by atoms with van der Waals surface area (Å²) in [5.74, 6) is 2.96. The predicted octanol–water partition coefficient (Wildman–Crippen LogP) is 2.97. The maximum atomic E-state index is 12.0. The molecule has 0 amide bonds. The second kappa shape index (κ2) is 3.81. The highest BCUT2D eigenvalue weighted by Crippen LogP contribution is 2.30. The fourth-order valence-corrected chi connectivity index (χ4v) is 3.06. The molecule has 1 unspecified atom stereocenters. The average Bonchev–Trinajstić information content (AvgIpc) is 2.73. The minimum Gasteiger partial charge on any atom is -0.466 e. The molecule has 0 saturated carbocycles. The van der Waals surface area contributed by atoms with Gasteiger partial charge in [-0.05, 0) is 38.5 Å². The van der Waals surface area contributed by atoms with Crippen LogP contribution in [0.25, 0.3) is 0 Å². The quantitative estimate of drug-likeness (QED) is 0.703. The monoisotopic (exact) mass is 210 g/mol. The number of carbonyl (C=O) groups excluding carboxylic acids is 1. The molecule has 1 saturated heterocycles. The molecule has 0 radical (unpaired) electrons. The van der Waals surface area contributed by atoms with Gasteiger partial charge in [-0.3, -0.25) is 4.79 Å². The molecule has 0 aliphatic carbocycles. The minimum absolute atomic E-state index is 0.172. The van der Waals surface area contributed by atoms with Crippen molar-refractivity contribution in [2.45, 2.75) is 31.9 Å². The molecule has 2 heterocycles. The van der Waals surface area contributed by atoms with Crippen LogP contribution in [0.1, 0.15) is 34.7 Å². The maximum Gasteiger partial charge on any atom is 0.179 e. The molecule has 0 bridgehead atoms. The molecule has 1 fully saturated rings. The standard InChI is InChI=1S/C11H14O2S/c1-7-6-9(8(2)13-7)11(12)10-4-3-5-14-10/h6,10H,3-5H2,1-2H3. The van der Waals surface area contributed by atoms with E-state index in [1.165, 1.54) is 0 Å². The van der Waals surface area contributed by atoms with E-state index in [9.17, 15) is 4.79 Å². The van der Waals surface area contributed by atoms with E-state index in [0.717, 1.165) is 35.7 Å². The Morgan fingerprint density at radius 2 is 2.36 bits per heavy atom. The maximum absolute atomic E-state index is 12.0. The Morgan fingerprint density at radius 3 is 2.86 bits per heavy atom. The van der Waals surface area contributed by atoms with Crippen molar-refractivity contribution in [1.29, 1.82) is 0 Å². The molecule has 0 spiro atoms. The van der Waals surface area contributed by atoms with Crippen LogP contribution in [-0.2, 0) is 0 Å². The van der Waals surface area contributed by atoms with Crippen molar-refractivity contribution in [3.8, 4) is 0 Å². The summed E-state index contributed by atoms with van der Waals surface area (Å²) in [6.45, 7) is 3.74. The van der Waals surface area contributed by atoms with Gasteiger partial charge < -0.3 is 4.42 Å². The number of thioether (sulfide) groups is 1. The Balaban J connectivity index is 2.21. The molecule has 1 aliphatic heterocycles. The van der Waals surface area contributed by atoms with Crippen LogP contribution < -0.4 is 0 Å². The average molecular weight is 210 g/mol. The van der Waals surface area contributed by atoms with Gasteiger partial charge in [0.2, 0.25) is 0 Å². The fourth-order valence-electron chi connectivity index (χ4n) is 1.83. The van der Waals surface area contributed by atoms with E-state index in [0.29, 0.717) is 0 Å². The van der Waals surface area contributed by atoms with Crippen molar-refractivity contribution in [1.82, 2.24) is 0 Å². The molecular weight excluding hydrogens is 196 g/mol. The smallest absolute Gasteiger partial charge is 0.179 e. The third-order valence-corrected chi connectivity index (χ3v) is 3.91. The zero-order valence-electron chi connectivity index (χ0n) is 8.50. The number of aryl methyl sites for hydroxylation is 2. The van der Waals surface area contributed by atoms with Crippen LogP contribution in [-0.4, -0.2) is 16.8 Å². The van der Waals surface area contributed by atoms with Gasteiger partial charge in [-0.15, -0.1) is 0 Å². The highest BCUT2D eigenvalue weighted by Gasteiger charge is 2.26. The summed E-state index contributed by atoms with van der Waals surface area (Å²) in [6, 6.07) is 1.86. The third kappa shape index (κ3) is 1.73. The molecule has 2 rings (SSSR count). The number of furan rings is 1. The lowest BCUT2D eigenvalue weighted by Gasteiger charge is -2.05. The summed E-state index contributed by atoms with van der Waals surface area (Å²) >= 11 is 1.77. The highest BCUT2D eigenvalue weighted by molar-refractivity contribution is 8.00. The second-order valence-corrected chi connectivity index (χ2v) is 5.00. The van der Waals surface area contributed by atoms with Crippen molar-refractivity contribution < 1.29 is 9.21 Å². The van der Waals surface area contributed by atoms with E-state index in [1.807, 2.05) is 19.9 Å². The Morgan fingerprint density at radius 1 is 1.57 bits per heavy atom.